The van der Waals surface area contributed by atoms with Crippen molar-refractivity contribution in [1.29, 1.82) is 0 Å². The van der Waals surface area contributed by atoms with Crippen LogP contribution in [0.15, 0.2) is 85.1 Å². The number of alkyl carbamates (subject to hydrolysis) is 1. The number of carbonyl (C=O) groups is 7. The summed E-state index contributed by atoms with van der Waals surface area (Å²) >= 11 is 0. The Balaban J connectivity index is 1.57. The van der Waals surface area contributed by atoms with Crippen LogP contribution in [0.2, 0.25) is 0 Å². The molecule has 4 atom stereocenters. The molecule has 4 unspecified atom stereocenters. The van der Waals surface area contributed by atoms with Crippen molar-refractivity contribution in [2.75, 3.05) is 18.9 Å². The maximum absolute atomic E-state index is 14.4. The average molecular weight is 841 g/mol. The van der Waals surface area contributed by atoms with Crippen molar-refractivity contribution >= 4 is 58.3 Å². The third-order valence-corrected chi connectivity index (χ3v) is 9.75. The Morgan fingerprint density at radius 1 is 0.803 bits per heavy atom. The lowest BCUT2D eigenvalue weighted by Gasteiger charge is -2.32. The van der Waals surface area contributed by atoms with E-state index in [2.05, 4.69) is 31.6 Å². The van der Waals surface area contributed by atoms with Crippen LogP contribution in [0.5, 0.6) is 0 Å². The van der Waals surface area contributed by atoms with Gasteiger partial charge in [0.2, 0.25) is 23.6 Å². The van der Waals surface area contributed by atoms with Gasteiger partial charge in [0.1, 0.15) is 29.8 Å². The molecule has 0 bridgehead atoms. The molecule has 61 heavy (non-hydrogen) atoms. The minimum Gasteiger partial charge on any atom is -0.481 e. The van der Waals surface area contributed by atoms with Gasteiger partial charge in [-0.2, -0.15) is 0 Å². The fourth-order valence-electron chi connectivity index (χ4n) is 6.58. The number of nitrogens with two attached hydrogens (primary N) is 1. The maximum Gasteiger partial charge on any atom is 0.408 e. The van der Waals surface area contributed by atoms with Crippen LogP contribution >= 0.6 is 0 Å². The van der Waals surface area contributed by atoms with Gasteiger partial charge >= 0.3 is 18.1 Å². The molecule has 0 fully saturated rings. The number of hydrogen-bond donors (Lipinski definition) is 8. The zero-order chi connectivity index (χ0) is 44.7. The van der Waals surface area contributed by atoms with Gasteiger partial charge in [-0.05, 0) is 75.8 Å². The quantitative estimate of drug-likeness (QED) is 0.0600. The Kier molecular flexibility index (Phi) is 16.8. The Morgan fingerprint density at radius 3 is 2.13 bits per heavy atom. The summed E-state index contributed by atoms with van der Waals surface area (Å²) in [4.78, 5) is 96.7. The number of aliphatic carboxylic acids is 1. The summed E-state index contributed by atoms with van der Waals surface area (Å²) < 4.78 is 5.47. The predicted molar refractivity (Wildman–Crippen MR) is 229 cm³/mol. The van der Waals surface area contributed by atoms with Crippen molar-refractivity contribution < 1.29 is 43.4 Å². The number of carboxylic acid groups (broad SMARTS) is 1. The molecule has 0 spiro atoms. The number of benzene rings is 3. The monoisotopic (exact) mass is 840 g/mol. The van der Waals surface area contributed by atoms with E-state index in [4.69, 9.17) is 10.5 Å². The zero-order valence-corrected chi connectivity index (χ0v) is 35.1. The highest BCUT2D eigenvalue weighted by Crippen LogP contribution is 2.20. The number of unbranched alkanes of at least 4 members (excludes halogenated alkanes) is 1. The number of hydrogen-bond acceptors (Lipinski definition) is 8. The summed E-state index contributed by atoms with van der Waals surface area (Å²) in [6.45, 7) is 7.07. The normalized spacial score (nSPS) is 13.1. The van der Waals surface area contributed by atoms with Crippen molar-refractivity contribution in [3.8, 4) is 0 Å². The molecule has 17 nitrogen and oxygen atoms in total. The minimum absolute atomic E-state index is 0.00821. The van der Waals surface area contributed by atoms with Crippen molar-refractivity contribution in [3.63, 3.8) is 0 Å². The van der Waals surface area contributed by atoms with E-state index in [0.29, 0.717) is 23.2 Å². The molecule has 0 saturated heterocycles. The van der Waals surface area contributed by atoms with Crippen LogP contribution in [0.3, 0.4) is 0 Å². The number of aryl methyl sites for hydroxylation is 1. The molecule has 0 aliphatic heterocycles. The standard InChI is InChI=1S/C44H56N8O9/c1-27-15-9-11-19-31(27)50-42(59)46-22-14-13-21-33(41(58)52(5)36(25-37(53)54)40(57)49-34(38(45)55)23-28-16-7-6-8-17-28)48-39(56)35(51-43(60)61-44(2,3)4)24-29-26-47-32-20-12-10-18-30(29)32/h6-12,15-20,26,33-36,47H,13-14,21-25H2,1-5H3,(H2,45,55)(H,48,56)(H,49,57)(H,51,60)(H,53,54)(H2,46,50,59). The number of aromatic amines is 1. The van der Waals surface area contributed by atoms with Gasteiger partial charge in [0, 0.05) is 49.2 Å². The molecular weight excluding hydrogens is 785 g/mol. The van der Waals surface area contributed by atoms with Crippen LogP contribution in [0.4, 0.5) is 15.3 Å². The van der Waals surface area contributed by atoms with Crippen molar-refractivity contribution in [2.45, 2.75) is 96.0 Å². The zero-order valence-electron chi connectivity index (χ0n) is 35.1. The number of primary amides is 1. The maximum atomic E-state index is 14.4. The first kappa shape index (κ1) is 46.8. The van der Waals surface area contributed by atoms with Gasteiger partial charge in [-0.3, -0.25) is 24.0 Å². The van der Waals surface area contributed by atoms with Gasteiger partial charge in [-0.25, -0.2) is 9.59 Å². The second kappa shape index (κ2) is 21.9. The Morgan fingerprint density at radius 2 is 1.46 bits per heavy atom. The summed E-state index contributed by atoms with van der Waals surface area (Å²) in [5, 5.41) is 24.1. The first-order chi connectivity index (χ1) is 28.9. The summed E-state index contributed by atoms with van der Waals surface area (Å²) in [7, 11) is 1.23. The smallest absolute Gasteiger partial charge is 0.408 e. The molecule has 0 radical (unpaired) electrons. The topological polar surface area (TPSA) is 254 Å². The van der Waals surface area contributed by atoms with Crippen molar-refractivity contribution in [2.24, 2.45) is 5.73 Å². The highest BCUT2D eigenvalue weighted by molar-refractivity contribution is 5.97. The van der Waals surface area contributed by atoms with Crippen LogP contribution in [0, 0.1) is 6.92 Å². The molecule has 0 aliphatic carbocycles. The molecule has 7 amide bonds. The van der Waals surface area contributed by atoms with E-state index < -0.39 is 77.9 Å². The number of amides is 7. The summed E-state index contributed by atoms with van der Waals surface area (Å²) in [6.07, 6.45) is 0.628. The molecule has 326 valence electrons. The molecule has 0 aliphatic rings. The molecule has 4 rings (SSSR count). The van der Waals surface area contributed by atoms with Crippen LogP contribution < -0.4 is 32.3 Å². The lowest BCUT2D eigenvalue weighted by Crippen LogP contribution is -2.59. The lowest BCUT2D eigenvalue weighted by atomic mass is 10.0. The number of rotatable bonds is 20. The second-order valence-electron chi connectivity index (χ2n) is 15.7. The molecule has 1 aromatic heterocycles. The molecule has 1 heterocycles. The van der Waals surface area contributed by atoms with Crippen molar-refractivity contribution in [3.05, 3.63) is 102 Å². The highest BCUT2D eigenvalue weighted by Gasteiger charge is 2.36. The van der Waals surface area contributed by atoms with Gasteiger partial charge in [-0.15, -0.1) is 0 Å². The Hall–Kier alpha value is -6.91. The van der Waals surface area contributed by atoms with Crippen LogP contribution in [-0.4, -0.2) is 100 Å². The van der Waals surface area contributed by atoms with Crippen molar-refractivity contribution in [1.82, 2.24) is 31.2 Å². The average Bonchev–Trinajstić information content (AvgIpc) is 3.61. The van der Waals surface area contributed by atoms with E-state index >= 15 is 0 Å². The molecule has 3 aromatic carbocycles. The Labute approximate surface area is 354 Å². The fraction of sp³-hybridized carbons (Fsp3) is 0.386. The number of para-hydroxylation sites is 2. The van der Waals surface area contributed by atoms with E-state index in [0.717, 1.165) is 21.4 Å². The number of nitrogens with one attached hydrogen (secondary N) is 6. The number of ether oxygens (including phenoxy) is 1. The third kappa shape index (κ3) is 14.7. The molecule has 0 saturated carbocycles. The van der Waals surface area contributed by atoms with Gasteiger partial charge in [0.15, 0.2) is 0 Å². The van der Waals surface area contributed by atoms with Crippen LogP contribution in [0.25, 0.3) is 10.9 Å². The van der Waals surface area contributed by atoms with E-state index in [1.807, 2.05) is 43.3 Å². The molecule has 17 heteroatoms. The third-order valence-electron chi connectivity index (χ3n) is 9.75. The van der Waals surface area contributed by atoms with E-state index in [1.165, 1.54) is 7.05 Å². The number of anilines is 1. The molecule has 9 N–H and O–H groups in total. The number of nitrogens with zero attached hydrogens (tertiary/aromatic N) is 1. The predicted octanol–water partition coefficient (Wildman–Crippen LogP) is 3.90. The minimum atomic E-state index is -1.63. The first-order valence-corrected chi connectivity index (χ1v) is 20.0. The SMILES string of the molecule is Cc1ccccc1NC(=O)NCCCCC(NC(=O)C(Cc1c[nH]c2ccccc12)NC(=O)OC(C)(C)C)C(=O)N(C)C(CC(=O)O)C(=O)NC(Cc1ccccc1)C(N)=O. The Bertz CT molecular complexity index is 2170. The molecule has 4 aromatic rings. The number of urea groups is 1. The van der Waals surface area contributed by atoms with E-state index in [9.17, 15) is 38.7 Å². The first-order valence-electron chi connectivity index (χ1n) is 20.0. The van der Waals surface area contributed by atoms with Gasteiger partial charge in [-0.1, -0.05) is 66.7 Å². The number of likely N-dealkylation sites (N-methyl/N-ethyl adjacent to an activating group) is 1. The number of H-pyrrole nitrogens is 1. The number of carboxylic acids is 1. The van der Waals surface area contributed by atoms with Gasteiger partial charge in [0.25, 0.3) is 0 Å². The summed E-state index contributed by atoms with van der Waals surface area (Å²) in [5.41, 5.74) is 8.41. The summed E-state index contributed by atoms with van der Waals surface area (Å²) in [6, 6.07) is 17.5. The summed E-state index contributed by atoms with van der Waals surface area (Å²) in [5.74, 6) is -4.80. The largest absolute Gasteiger partial charge is 0.481 e. The number of fused-ring (bicyclic) bond motifs is 1. The van der Waals surface area contributed by atoms with E-state index in [-0.39, 0.29) is 32.2 Å². The van der Waals surface area contributed by atoms with E-state index in [1.54, 1.807) is 69.4 Å². The lowest BCUT2D eigenvalue weighted by molar-refractivity contribution is -0.147. The number of carbonyl (C=O) groups excluding carboxylic acids is 6. The van der Waals surface area contributed by atoms with Gasteiger partial charge in [0.05, 0.1) is 6.42 Å². The number of aromatic nitrogens is 1. The highest BCUT2D eigenvalue weighted by atomic mass is 16.6. The molecular formula is C44H56N8O9. The van der Waals surface area contributed by atoms with Gasteiger partial charge < -0.3 is 52.0 Å². The van der Waals surface area contributed by atoms with Crippen LogP contribution in [0.1, 0.15) is 63.1 Å². The van der Waals surface area contributed by atoms with Crippen LogP contribution in [-0.2, 0) is 41.6 Å². The second-order valence-corrected chi connectivity index (χ2v) is 15.7. The fourth-order valence-corrected chi connectivity index (χ4v) is 6.58.